The van der Waals surface area contributed by atoms with Crippen LogP contribution >= 0.6 is 0 Å². The van der Waals surface area contributed by atoms with E-state index in [-0.39, 0.29) is 5.91 Å². The molecule has 0 radical (unpaired) electrons. The van der Waals surface area contributed by atoms with Gasteiger partial charge >= 0.3 is 0 Å². The van der Waals surface area contributed by atoms with E-state index in [4.69, 9.17) is 0 Å². The lowest BCUT2D eigenvalue weighted by atomic mass is 10.1. The molecule has 0 atom stereocenters. The quantitative estimate of drug-likeness (QED) is 0.556. The van der Waals surface area contributed by atoms with Gasteiger partial charge in [0.05, 0.1) is 5.52 Å². The molecule has 1 saturated heterocycles. The number of hydrogen-bond acceptors (Lipinski definition) is 4. The first kappa shape index (κ1) is 22.4. The molecule has 32 heavy (non-hydrogen) atoms. The topological polar surface area (TPSA) is 39.7 Å². The van der Waals surface area contributed by atoms with Crippen molar-refractivity contribution in [3.8, 4) is 0 Å². The molecule has 5 nitrogen and oxygen atoms in total. The minimum absolute atomic E-state index is 0.138. The van der Waals surface area contributed by atoms with Crippen molar-refractivity contribution in [2.24, 2.45) is 0 Å². The molecule has 5 heteroatoms. The number of benzene rings is 2. The number of amides is 1. The number of para-hydroxylation sites is 1. The number of nitrogens with zero attached hydrogens (tertiary/aromatic N) is 4. The highest BCUT2D eigenvalue weighted by Gasteiger charge is 2.22. The molecule has 0 aliphatic carbocycles. The van der Waals surface area contributed by atoms with Crippen LogP contribution in [0.5, 0.6) is 0 Å². The van der Waals surface area contributed by atoms with Crippen LogP contribution in [0.25, 0.3) is 10.9 Å². The van der Waals surface area contributed by atoms with Gasteiger partial charge in [-0.2, -0.15) is 0 Å². The number of hydrogen-bond donors (Lipinski definition) is 0. The molecule has 0 N–H and O–H groups in total. The summed E-state index contributed by atoms with van der Waals surface area (Å²) < 4.78 is 0. The van der Waals surface area contributed by atoms with E-state index in [9.17, 15) is 4.79 Å². The van der Waals surface area contributed by atoms with Crippen molar-refractivity contribution in [3.05, 3.63) is 77.5 Å². The summed E-state index contributed by atoms with van der Waals surface area (Å²) in [6.45, 7) is 12.7. The first-order valence-corrected chi connectivity index (χ1v) is 11.7. The number of fused-ring (bicyclic) bond motifs is 1. The predicted molar refractivity (Wildman–Crippen MR) is 131 cm³/mol. The van der Waals surface area contributed by atoms with E-state index in [0.29, 0.717) is 6.04 Å². The first-order chi connectivity index (χ1) is 15.5. The molecule has 2 aromatic carbocycles. The van der Waals surface area contributed by atoms with Gasteiger partial charge in [-0.05, 0) is 49.7 Å². The number of carbonyl (C=O) groups is 1. The fourth-order valence-corrected chi connectivity index (χ4v) is 4.47. The van der Waals surface area contributed by atoms with Gasteiger partial charge in [0.25, 0.3) is 5.91 Å². The van der Waals surface area contributed by atoms with Crippen molar-refractivity contribution in [1.82, 2.24) is 19.7 Å². The number of aromatic nitrogens is 1. The summed E-state index contributed by atoms with van der Waals surface area (Å²) in [6, 6.07) is 19.1. The summed E-state index contributed by atoms with van der Waals surface area (Å²) in [7, 11) is 0. The lowest BCUT2D eigenvalue weighted by Gasteiger charge is -2.35. The van der Waals surface area contributed by atoms with Crippen LogP contribution in [-0.2, 0) is 13.1 Å². The number of pyridine rings is 1. The summed E-state index contributed by atoms with van der Waals surface area (Å²) >= 11 is 0. The van der Waals surface area contributed by atoms with E-state index in [1.165, 1.54) is 16.5 Å². The molecule has 1 aromatic heterocycles. The van der Waals surface area contributed by atoms with Crippen LogP contribution in [0, 0.1) is 0 Å². The van der Waals surface area contributed by atoms with Gasteiger partial charge in [0, 0.05) is 62.5 Å². The van der Waals surface area contributed by atoms with Crippen molar-refractivity contribution in [1.29, 1.82) is 0 Å². The van der Waals surface area contributed by atoms with Crippen molar-refractivity contribution in [3.63, 3.8) is 0 Å². The minimum atomic E-state index is 0.138. The Labute approximate surface area is 191 Å². The fourth-order valence-electron chi connectivity index (χ4n) is 4.47. The molecule has 2 heterocycles. The molecule has 168 valence electrons. The summed E-state index contributed by atoms with van der Waals surface area (Å²) in [5.41, 5.74) is 4.37. The Morgan fingerprint density at radius 1 is 1.00 bits per heavy atom. The zero-order chi connectivity index (χ0) is 22.5. The van der Waals surface area contributed by atoms with E-state index < -0.39 is 0 Å². The molecular weight excluding hydrogens is 396 g/mol. The Morgan fingerprint density at radius 2 is 1.72 bits per heavy atom. The van der Waals surface area contributed by atoms with E-state index in [1.807, 2.05) is 29.3 Å². The Hall–Kier alpha value is -2.76. The van der Waals surface area contributed by atoms with Crippen LogP contribution in [0.15, 0.2) is 60.8 Å². The SMILES string of the molecule is CCN(Cc1ccc(C(=O)N2CCN(Cc3cccc4cccnc34)CC2)cc1)C(C)C. The number of rotatable bonds is 7. The van der Waals surface area contributed by atoms with Crippen LogP contribution in [0.2, 0.25) is 0 Å². The first-order valence-electron chi connectivity index (χ1n) is 11.7. The predicted octanol–water partition coefficient (Wildman–Crippen LogP) is 4.42. The standard InChI is InChI=1S/C27H34N4O/c1-4-30(21(2)3)19-22-10-12-24(13-11-22)27(32)31-17-15-29(16-18-31)20-25-8-5-7-23-9-6-14-28-26(23)25/h5-14,21H,4,15-20H2,1-3H3. The smallest absolute Gasteiger partial charge is 0.253 e. The summed E-state index contributed by atoms with van der Waals surface area (Å²) in [4.78, 5) is 24.4. The fraction of sp³-hybridized carbons (Fsp3) is 0.407. The van der Waals surface area contributed by atoms with E-state index in [2.05, 4.69) is 72.0 Å². The maximum Gasteiger partial charge on any atom is 0.253 e. The third-order valence-electron chi connectivity index (χ3n) is 6.49. The zero-order valence-electron chi connectivity index (χ0n) is 19.5. The van der Waals surface area contributed by atoms with Gasteiger partial charge in [-0.3, -0.25) is 19.6 Å². The second kappa shape index (κ2) is 10.2. The molecule has 0 unspecified atom stereocenters. The summed E-state index contributed by atoms with van der Waals surface area (Å²) in [6.07, 6.45) is 1.86. The maximum absolute atomic E-state index is 13.0. The maximum atomic E-state index is 13.0. The molecule has 0 bridgehead atoms. The third-order valence-corrected chi connectivity index (χ3v) is 6.49. The van der Waals surface area contributed by atoms with Gasteiger partial charge in [0.1, 0.15) is 0 Å². The van der Waals surface area contributed by atoms with Gasteiger partial charge in [-0.15, -0.1) is 0 Å². The van der Waals surface area contributed by atoms with Crippen molar-refractivity contribution in [2.45, 2.75) is 39.9 Å². The lowest BCUT2D eigenvalue weighted by Crippen LogP contribution is -2.48. The monoisotopic (exact) mass is 430 g/mol. The van der Waals surface area contributed by atoms with Gasteiger partial charge in [-0.1, -0.05) is 43.3 Å². The van der Waals surface area contributed by atoms with Crippen LogP contribution in [0.4, 0.5) is 0 Å². The summed E-state index contributed by atoms with van der Waals surface area (Å²) in [5.74, 6) is 0.138. The molecule has 3 aromatic rings. The second-order valence-corrected chi connectivity index (χ2v) is 8.91. The molecule has 1 fully saturated rings. The average Bonchev–Trinajstić information content (AvgIpc) is 2.83. The Kier molecular flexibility index (Phi) is 7.18. The molecule has 0 spiro atoms. The van der Waals surface area contributed by atoms with Crippen molar-refractivity contribution >= 4 is 16.8 Å². The zero-order valence-corrected chi connectivity index (χ0v) is 19.5. The summed E-state index contributed by atoms with van der Waals surface area (Å²) in [5, 5.41) is 1.18. The van der Waals surface area contributed by atoms with Crippen LogP contribution in [0.3, 0.4) is 0 Å². The van der Waals surface area contributed by atoms with Crippen LogP contribution in [0.1, 0.15) is 42.3 Å². The average molecular weight is 431 g/mol. The minimum Gasteiger partial charge on any atom is -0.336 e. The number of carbonyl (C=O) groups excluding carboxylic acids is 1. The van der Waals surface area contributed by atoms with Crippen molar-refractivity contribution < 1.29 is 4.79 Å². The van der Waals surface area contributed by atoms with Crippen LogP contribution in [-0.4, -0.2) is 64.4 Å². The van der Waals surface area contributed by atoms with Crippen LogP contribution < -0.4 is 0 Å². The Morgan fingerprint density at radius 3 is 2.41 bits per heavy atom. The Balaban J connectivity index is 1.33. The highest BCUT2D eigenvalue weighted by atomic mass is 16.2. The second-order valence-electron chi connectivity index (χ2n) is 8.91. The number of piperazine rings is 1. The van der Waals surface area contributed by atoms with E-state index in [0.717, 1.165) is 56.9 Å². The van der Waals surface area contributed by atoms with Gasteiger partial charge in [-0.25, -0.2) is 0 Å². The lowest BCUT2D eigenvalue weighted by molar-refractivity contribution is 0.0629. The largest absolute Gasteiger partial charge is 0.336 e. The molecule has 1 amide bonds. The molecule has 1 aliphatic heterocycles. The van der Waals surface area contributed by atoms with Gasteiger partial charge in [0.2, 0.25) is 0 Å². The highest BCUT2D eigenvalue weighted by molar-refractivity contribution is 5.94. The van der Waals surface area contributed by atoms with E-state index in [1.54, 1.807) is 0 Å². The normalized spacial score (nSPS) is 15.1. The molecule has 4 rings (SSSR count). The highest BCUT2D eigenvalue weighted by Crippen LogP contribution is 2.19. The molecule has 1 aliphatic rings. The third kappa shape index (κ3) is 5.17. The molecule has 0 saturated carbocycles. The Bertz CT molecular complexity index is 1030. The molecular formula is C27H34N4O. The van der Waals surface area contributed by atoms with Crippen molar-refractivity contribution in [2.75, 3.05) is 32.7 Å². The van der Waals surface area contributed by atoms with Gasteiger partial charge in [0.15, 0.2) is 0 Å². The van der Waals surface area contributed by atoms with E-state index >= 15 is 0 Å². The van der Waals surface area contributed by atoms with Gasteiger partial charge < -0.3 is 4.90 Å².